The van der Waals surface area contributed by atoms with Crippen molar-refractivity contribution in [1.29, 1.82) is 0 Å². The predicted octanol–water partition coefficient (Wildman–Crippen LogP) is 0.431. The van der Waals surface area contributed by atoms with Crippen molar-refractivity contribution in [3.8, 4) is 0 Å². The minimum Gasteiger partial charge on any atom is -0.481 e. The second-order valence-electron chi connectivity index (χ2n) is 6.25. The van der Waals surface area contributed by atoms with Gasteiger partial charge in [-0.2, -0.15) is 0 Å². The van der Waals surface area contributed by atoms with Crippen molar-refractivity contribution in [3.05, 3.63) is 0 Å². The van der Waals surface area contributed by atoms with Crippen LogP contribution in [0.4, 0.5) is 0 Å². The largest absolute Gasteiger partial charge is 0.481 e. The van der Waals surface area contributed by atoms with Crippen LogP contribution in [0, 0.1) is 5.92 Å². The van der Waals surface area contributed by atoms with Crippen LogP contribution in [0.3, 0.4) is 0 Å². The molecule has 3 N–H and O–H groups in total. The molecule has 2 aliphatic rings. The second kappa shape index (κ2) is 8.34. The fraction of sp³-hybridized carbons (Fsp3) is 0.867. The molecule has 0 unspecified atom stereocenters. The molecule has 1 saturated carbocycles. The summed E-state index contributed by atoms with van der Waals surface area (Å²) in [5, 5.41) is 14.9. The average molecular weight is 297 g/mol. The number of carbonyl (C=O) groups excluding carboxylic acids is 1. The highest BCUT2D eigenvalue weighted by molar-refractivity contribution is 5.78. The number of piperidine rings is 1. The average Bonchev–Trinajstić information content (AvgIpc) is 3.27. The van der Waals surface area contributed by atoms with Crippen molar-refractivity contribution in [2.45, 2.75) is 44.6 Å². The van der Waals surface area contributed by atoms with E-state index in [-0.39, 0.29) is 12.3 Å². The summed E-state index contributed by atoms with van der Waals surface area (Å²) in [6.07, 6.45) is 5.59. The number of nitrogens with one attached hydrogen (secondary N) is 2. The Morgan fingerprint density at radius 2 is 1.86 bits per heavy atom. The minimum atomic E-state index is -0.815. The van der Waals surface area contributed by atoms with Crippen molar-refractivity contribution in [1.82, 2.24) is 15.5 Å². The summed E-state index contributed by atoms with van der Waals surface area (Å²) in [7, 11) is 0. The number of amides is 1. The third-order valence-corrected chi connectivity index (χ3v) is 4.24. The Morgan fingerprint density at radius 1 is 1.14 bits per heavy atom. The molecule has 2 rings (SSSR count). The molecule has 1 heterocycles. The van der Waals surface area contributed by atoms with Crippen LogP contribution in [0.25, 0.3) is 0 Å². The molecule has 120 valence electrons. The van der Waals surface area contributed by atoms with E-state index in [2.05, 4.69) is 15.5 Å². The van der Waals surface area contributed by atoms with Crippen molar-refractivity contribution in [2.75, 3.05) is 32.7 Å². The molecule has 21 heavy (non-hydrogen) atoms. The van der Waals surface area contributed by atoms with E-state index in [1.165, 1.54) is 12.8 Å². The highest BCUT2D eigenvalue weighted by Gasteiger charge is 2.24. The molecule has 0 spiro atoms. The van der Waals surface area contributed by atoms with E-state index in [1.807, 2.05) is 0 Å². The van der Waals surface area contributed by atoms with Gasteiger partial charge in [-0.15, -0.1) is 0 Å². The lowest BCUT2D eigenvalue weighted by atomic mass is 10.0. The van der Waals surface area contributed by atoms with Gasteiger partial charge in [0, 0.05) is 32.1 Å². The third kappa shape index (κ3) is 6.91. The molecule has 0 aromatic heterocycles. The van der Waals surface area contributed by atoms with Gasteiger partial charge >= 0.3 is 5.97 Å². The van der Waals surface area contributed by atoms with Crippen molar-refractivity contribution < 1.29 is 14.7 Å². The smallest absolute Gasteiger partial charge is 0.303 e. The van der Waals surface area contributed by atoms with Gasteiger partial charge in [0.1, 0.15) is 0 Å². The molecule has 1 saturated heterocycles. The Bertz CT molecular complexity index is 350. The van der Waals surface area contributed by atoms with E-state index in [4.69, 9.17) is 5.11 Å². The molecule has 1 aliphatic heterocycles. The zero-order valence-corrected chi connectivity index (χ0v) is 12.6. The van der Waals surface area contributed by atoms with Crippen LogP contribution in [0.5, 0.6) is 0 Å². The topological polar surface area (TPSA) is 81.7 Å². The van der Waals surface area contributed by atoms with Gasteiger partial charge in [0.05, 0.1) is 6.54 Å². The van der Waals surface area contributed by atoms with Crippen LogP contribution < -0.4 is 10.6 Å². The molecule has 1 amide bonds. The maximum atomic E-state index is 11.7. The van der Waals surface area contributed by atoms with Crippen LogP contribution >= 0.6 is 0 Å². The maximum absolute atomic E-state index is 11.7. The molecule has 2 fully saturated rings. The molecule has 0 aromatic rings. The summed E-state index contributed by atoms with van der Waals surface area (Å²) in [6, 6.07) is 0.612. The quantitative estimate of drug-likeness (QED) is 0.538. The first kappa shape index (κ1) is 16.2. The summed E-state index contributed by atoms with van der Waals surface area (Å²) in [5.41, 5.74) is 0. The van der Waals surface area contributed by atoms with Gasteiger partial charge in [-0.3, -0.25) is 14.5 Å². The zero-order chi connectivity index (χ0) is 15.1. The standard InChI is InChI=1S/C15H27N3O3/c19-14(16-7-1-2-15(20)21)11-18-8-5-13(6-9-18)17-10-12-3-4-12/h12-13,17H,1-11H2,(H,16,19)(H,20,21). The van der Waals surface area contributed by atoms with Crippen LogP contribution in [0.15, 0.2) is 0 Å². The number of carboxylic acid groups (broad SMARTS) is 1. The number of nitrogens with zero attached hydrogens (tertiary/aromatic N) is 1. The van der Waals surface area contributed by atoms with E-state index in [0.717, 1.165) is 38.4 Å². The molecule has 6 heteroatoms. The zero-order valence-electron chi connectivity index (χ0n) is 12.6. The van der Waals surface area contributed by atoms with Crippen molar-refractivity contribution in [3.63, 3.8) is 0 Å². The Hall–Kier alpha value is -1.14. The SMILES string of the molecule is O=C(O)CCCNC(=O)CN1CCC(NCC2CC2)CC1. The second-order valence-corrected chi connectivity index (χ2v) is 6.25. The van der Waals surface area contributed by atoms with Crippen molar-refractivity contribution in [2.24, 2.45) is 5.92 Å². The van der Waals surface area contributed by atoms with E-state index in [0.29, 0.717) is 25.6 Å². The van der Waals surface area contributed by atoms with Gasteiger partial charge in [0.2, 0.25) is 5.91 Å². The van der Waals surface area contributed by atoms with E-state index >= 15 is 0 Å². The first-order valence-electron chi connectivity index (χ1n) is 8.07. The Balaban J connectivity index is 1.50. The fourth-order valence-electron chi connectivity index (χ4n) is 2.68. The van der Waals surface area contributed by atoms with Crippen LogP contribution in [0.2, 0.25) is 0 Å². The van der Waals surface area contributed by atoms with Gasteiger partial charge in [0.25, 0.3) is 0 Å². The van der Waals surface area contributed by atoms with Gasteiger partial charge in [-0.1, -0.05) is 0 Å². The predicted molar refractivity (Wildman–Crippen MR) is 80.1 cm³/mol. The molecular formula is C15H27N3O3. The lowest BCUT2D eigenvalue weighted by Crippen LogP contribution is -2.46. The van der Waals surface area contributed by atoms with Gasteiger partial charge < -0.3 is 15.7 Å². The lowest BCUT2D eigenvalue weighted by Gasteiger charge is -2.32. The monoisotopic (exact) mass is 297 g/mol. The summed E-state index contributed by atoms with van der Waals surface area (Å²) in [6.45, 7) is 3.97. The number of likely N-dealkylation sites (tertiary alicyclic amines) is 1. The molecule has 0 atom stereocenters. The Morgan fingerprint density at radius 3 is 2.48 bits per heavy atom. The van der Waals surface area contributed by atoms with Gasteiger partial charge in [-0.25, -0.2) is 0 Å². The van der Waals surface area contributed by atoms with Crippen LogP contribution in [-0.2, 0) is 9.59 Å². The molecular weight excluding hydrogens is 270 g/mol. The third-order valence-electron chi connectivity index (χ3n) is 4.24. The summed E-state index contributed by atoms with van der Waals surface area (Å²) < 4.78 is 0. The number of aliphatic carboxylic acids is 1. The van der Waals surface area contributed by atoms with Crippen LogP contribution in [-0.4, -0.2) is 60.6 Å². The Kier molecular flexibility index (Phi) is 6.45. The molecule has 0 radical (unpaired) electrons. The van der Waals surface area contributed by atoms with Crippen LogP contribution in [0.1, 0.15) is 38.5 Å². The fourth-order valence-corrected chi connectivity index (χ4v) is 2.68. The first-order chi connectivity index (χ1) is 10.1. The minimum absolute atomic E-state index is 0.00442. The Labute approximate surface area is 126 Å². The van der Waals surface area contributed by atoms with Crippen molar-refractivity contribution >= 4 is 11.9 Å². The summed E-state index contributed by atoms with van der Waals surface area (Å²) >= 11 is 0. The summed E-state index contributed by atoms with van der Waals surface area (Å²) in [4.78, 5) is 24.3. The molecule has 0 aromatic carbocycles. The molecule has 0 bridgehead atoms. The highest BCUT2D eigenvalue weighted by atomic mass is 16.4. The van der Waals surface area contributed by atoms with Gasteiger partial charge in [0.15, 0.2) is 0 Å². The number of carboxylic acids is 1. The highest BCUT2D eigenvalue weighted by Crippen LogP contribution is 2.28. The first-order valence-corrected chi connectivity index (χ1v) is 8.07. The van der Waals surface area contributed by atoms with E-state index in [9.17, 15) is 9.59 Å². The number of hydrogen-bond donors (Lipinski definition) is 3. The molecule has 1 aliphatic carbocycles. The number of carbonyl (C=O) groups is 2. The number of hydrogen-bond acceptors (Lipinski definition) is 4. The van der Waals surface area contributed by atoms with E-state index in [1.54, 1.807) is 0 Å². The maximum Gasteiger partial charge on any atom is 0.303 e. The van der Waals surface area contributed by atoms with E-state index < -0.39 is 5.97 Å². The molecule has 6 nitrogen and oxygen atoms in total. The summed E-state index contributed by atoms with van der Waals surface area (Å²) in [5.74, 6) is 0.106. The lowest BCUT2D eigenvalue weighted by molar-refractivity contribution is -0.137. The van der Waals surface area contributed by atoms with Gasteiger partial charge in [-0.05, 0) is 44.6 Å². The normalized spacial score (nSPS) is 20.4. The number of rotatable bonds is 9.